The second-order valence-electron chi connectivity index (χ2n) is 3.92. The summed E-state index contributed by atoms with van der Waals surface area (Å²) >= 11 is 1.64. The lowest BCUT2D eigenvalue weighted by Gasteiger charge is -2.14. The second kappa shape index (κ2) is 7.24. The molecule has 6 heteroatoms. The Labute approximate surface area is 107 Å². The van der Waals surface area contributed by atoms with Gasteiger partial charge in [0.1, 0.15) is 5.01 Å². The van der Waals surface area contributed by atoms with Gasteiger partial charge in [-0.05, 0) is 20.3 Å². The van der Waals surface area contributed by atoms with Gasteiger partial charge in [-0.15, -0.1) is 11.3 Å². The Morgan fingerprint density at radius 3 is 2.94 bits per heavy atom. The van der Waals surface area contributed by atoms with Crippen LogP contribution in [0.4, 0.5) is 0 Å². The van der Waals surface area contributed by atoms with Gasteiger partial charge in [0, 0.05) is 17.6 Å². The van der Waals surface area contributed by atoms with Gasteiger partial charge in [-0.1, -0.05) is 13.3 Å². The maximum atomic E-state index is 5.43. The smallest absolute Gasteiger partial charge is 0.206 e. The molecule has 96 valence electrons. The van der Waals surface area contributed by atoms with Gasteiger partial charge in [0.15, 0.2) is 0 Å². The summed E-state index contributed by atoms with van der Waals surface area (Å²) in [6.45, 7) is 6.96. The summed E-state index contributed by atoms with van der Waals surface area (Å²) in [5, 5.41) is 6.30. The number of aryl methyl sites for hydroxylation is 1. The highest BCUT2D eigenvalue weighted by Gasteiger charge is 2.10. The fourth-order valence-corrected chi connectivity index (χ4v) is 2.12. The molecule has 0 aromatic carbocycles. The van der Waals surface area contributed by atoms with Gasteiger partial charge in [-0.25, -0.2) is 10.8 Å². The molecule has 0 aliphatic carbocycles. The van der Waals surface area contributed by atoms with Crippen molar-refractivity contribution >= 4 is 17.3 Å². The van der Waals surface area contributed by atoms with Gasteiger partial charge >= 0.3 is 0 Å². The molecular weight excluding hydrogens is 234 g/mol. The minimum absolute atomic E-state index is 0.116. The summed E-state index contributed by atoms with van der Waals surface area (Å²) in [6, 6.07) is 0.116. The Kier molecular flexibility index (Phi) is 5.93. The van der Waals surface area contributed by atoms with Crippen LogP contribution in [0.3, 0.4) is 0 Å². The van der Waals surface area contributed by atoms with Crippen molar-refractivity contribution in [1.29, 1.82) is 0 Å². The van der Waals surface area contributed by atoms with Crippen LogP contribution in [0.2, 0.25) is 0 Å². The van der Waals surface area contributed by atoms with E-state index in [1.165, 1.54) is 0 Å². The standard InChI is InChI=1S/C11H21N5S/c1-4-5-6-13-11(16-12)15-9(3)10-14-8(2)7-17-10/h7,9H,4-6,12H2,1-3H3,(H2,13,15,16). The van der Waals surface area contributed by atoms with Crippen molar-refractivity contribution in [2.24, 2.45) is 10.8 Å². The monoisotopic (exact) mass is 255 g/mol. The number of hydrazine groups is 1. The Morgan fingerprint density at radius 1 is 1.65 bits per heavy atom. The fraction of sp³-hybridized carbons (Fsp3) is 0.636. The largest absolute Gasteiger partial charge is 0.346 e. The Morgan fingerprint density at radius 2 is 2.41 bits per heavy atom. The summed E-state index contributed by atoms with van der Waals surface area (Å²) in [4.78, 5) is 8.78. The molecule has 0 spiro atoms. The maximum absolute atomic E-state index is 5.43. The van der Waals surface area contributed by atoms with Crippen molar-refractivity contribution in [3.05, 3.63) is 16.1 Å². The van der Waals surface area contributed by atoms with Gasteiger partial charge in [-0.3, -0.25) is 10.4 Å². The molecule has 1 heterocycles. The fourth-order valence-electron chi connectivity index (χ4n) is 1.32. The average molecular weight is 255 g/mol. The topological polar surface area (TPSA) is 75.3 Å². The Hall–Kier alpha value is -1.14. The Bertz CT molecular complexity index is 360. The first-order valence-corrected chi connectivity index (χ1v) is 6.75. The summed E-state index contributed by atoms with van der Waals surface area (Å²) < 4.78 is 0. The highest BCUT2D eigenvalue weighted by atomic mass is 32.1. The van der Waals surface area contributed by atoms with E-state index in [0.717, 1.165) is 30.1 Å². The zero-order valence-corrected chi connectivity index (χ0v) is 11.5. The van der Waals surface area contributed by atoms with E-state index in [1.807, 2.05) is 19.2 Å². The highest BCUT2D eigenvalue weighted by Crippen LogP contribution is 2.16. The molecule has 0 saturated carbocycles. The summed E-state index contributed by atoms with van der Waals surface area (Å²) in [6.07, 6.45) is 2.19. The van der Waals surface area contributed by atoms with E-state index in [2.05, 4.69) is 27.6 Å². The third-order valence-corrected chi connectivity index (χ3v) is 3.42. The molecule has 0 radical (unpaired) electrons. The van der Waals surface area contributed by atoms with Crippen LogP contribution in [0.25, 0.3) is 0 Å². The molecule has 0 bridgehead atoms. The van der Waals surface area contributed by atoms with Gasteiger partial charge in [-0.2, -0.15) is 0 Å². The van der Waals surface area contributed by atoms with Crippen molar-refractivity contribution in [2.75, 3.05) is 6.54 Å². The van der Waals surface area contributed by atoms with Crippen molar-refractivity contribution < 1.29 is 0 Å². The van der Waals surface area contributed by atoms with Crippen LogP contribution in [-0.2, 0) is 0 Å². The van der Waals surface area contributed by atoms with Gasteiger partial charge in [0.05, 0.1) is 6.04 Å². The predicted molar refractivity (Wildman–Crippen MR) is 72.9 cm³/mol. The quantitative estimate of drug-likeness (QED) is 0.246. The summed E-state index contributed by atoms with van der Waals surface area (Å²) in [5.41, 5.74) is 3.63. The van der Waals surface area contributed by atoms with Gasteiger partial charge < -0.3 is 5.32 Å². The number of thiazole rings is 1. The SMILES string of the molecule is CCCCN=C(NN)NC(C)c1nc(C)cs1. The number of nitrogens with zero attached hydrogens (tertiary/aromatic N) is 2. The lowest BCUT2D eigenvalue weighted by molar-refractivity contribution is 0.677. The molecule has 1 aromatic rings. The van der Waals surface area contributed by atoms with Crippen LogP contribution in [0.5, 0.6) is 0 Å². The molecule has 4 N–H and O–H groups in total. The lowest BCUT2D eigenvalue weighted by Crippen LogP contribution is -2.42. The normalized spacial score (nSPS) is 13.5. The highest BCUT2D eigenvalue weighted by molar-refractivity contribution is 7.09. The number of unbranched alkanes of at least 4 members (excludes halogenated alkanes) is 1. The zero-order valence-electron chi connectivity index (χ0n) is 10.7. The Balaban J connectivity index is 2.53. The molecule has 5 nitrogen and oxygen atoms in total. The zero-order chi connectivity index (χ0) is 12.7. The third kappa shape index (κ3) is 4.70. The van der Waals surface area contributed by atoms with Crippen molar-refractivity contribution in [1.82, 2.24) is 15.7 Å². The van der Waals surface area contributed by atoms with Gasteiger partial charge in [0.2, 0.25) is 5.96 Å². The number of hydrogen-bond donors (Lipinski definition) is 3. The first kappa shape index (κ1) is 13.9. The average Bonchev–Trinajstić information content (AvgIpc) is 2.74. The van der Waals surface area contributed by atoms with Crippen molar-refractivity contribution in [2.45, 2.75) is 39.7 Å². The first-order chi connectivity index (χ1) is 8.17. The first-order valence-electron chi connectivity index (χ1n) is 5.87. The minimum Gasteiger partial charge on any atom is -0.346 e. The van der Waals surface area contributed by atoms with Crippen LogP contribution < -0.4 is 16.6 Å². The molecule has 0 aliphatic rings. The molecular formula is C11H21N5S. The molecule has 17 heavy (non-hydrogen) atoms. The van der Waals surface area contributed by atoms with E-state index in [9.17, 15) is 0 Å². The van der Waals surface area contributed by atoms with Crippen LogP contribution in [0.15, 0.2) is 10.4 Å². The molecule has 0 saturated heterocycles. The molecule has 0 fully saturated rings. The van der Waals surface area contributed by atoms with E-state index >= 15 is 0 Å². The molecule has 0 aliphatic heterocycles. The van der Waals surface area contributed by atoms with Crippen LogP contribution in [-0.4, -0.2) is 17.5 Å². The number of hydrogen-bond acceptors (Lipinski definition) is 4. The number of aliphatic imine (C=N–C) groups is 1. The van der Waals surface area contributed by atoms with Crippen LogP contribution in [0, 0.1) is 6.92 Å². The molecule has 1 unspecified atom stereocenters. The van der Waals surface area contributed by atoms with Gasteiger partial charge in [0.25, 0.3) is 0 Å². The van der Waals surface area contributed by atoms with E-state index in [1.54, 1.807) is 11.3 Å². The number of nitrogens with one attached hydrogen (secondary N) is 2. The van der Waals surface area contributed by atoms with E-state index < -0.39 is 0 Å². The number of guanidine groups is 1. The predicted octanol–water partition coefficient (Wildman–Crippen LogP) is 1.72. The van der Waals surface area contributed by atoms with Crippen molar-refractivity contribution in [3.63, 3.8) is 0 Å². The third-order valence-electron chi connectivity index (χ3n) is 2.28. The van der Waals surface area contributed by atoms with Crippen LogP contribution in [0.1, 0.15) is 43.4 Å². The minimum atomic E-state index is 0.116. The molecule has 1 atom stereocenters. The lowest BCUT2D eigenvalue weighted by atomic mass is 10.3. The number of nitrogens with two attached hydrogens (primary N) is 1. The van der Waals surface area contributed by atoms with Crippen molar-refractivity contribution in [3.8, 4) is 0 Å². The molecule has 0 amide bonds. The van der Waals surface area contributed by atoms with Crippen LogP contribution >= 0.6 is 11.3 Å². The molecule has 1 aromatic heterocycles. The summed E-state index contributed by atoms with van der Waals surface area (Å²) in [7, 11) is 0. The van der Waals surface area contributed by atoms with E-state index in [-0.39, 0.29) is 6.04 Å². The van der Waals surface area contributed by atoms with E-state index in [0.29, 0.717) is 5.96 Å². The second-order valence-corrected chi connectivity index (χ2v) is 4.81. The van der Waals surface area contributed by atoms with E-state index in [4.69, 9.17) is 5.84 Å². The molecule has 1 rings (SSSR count). The maximum Gasteiger partial charge on any atom is 0.206 e. The summed E-state index contributed by atoms with van der Waals surface area (Å²) in [5.74, 6) is 6.05. The number of rotatable bonds is 5. The number of aromatic nitrogens is 1.